The molecule has 0 aromatic carbocycles. The number of hydrogen-bond donors (Lipinski definition) is 0. The molecule has 0 saturated heterocycles. The van der Waals surface area contributed by atoms with Crippen molar-refractivity contribution >= 4 is 14.6 Å². The summed E-state index contributed by atoms with van der Waals surface area (Å²) in [5.74, 6) is 0. The highest BCUT2D eigenvalue weighted by Gasteiger charge is 2.12. The van der Waals surface area contributed by atoms with Crippen LogP contribution in [0.2, 0.25) is 19.6 Å². The van der Waals surface area contributed by atoms with Gasteiger partial charge in [0.25, 0.3) is 0 Å². The van der Waals surface area contributed by atoms with Crippen molar-refractivity contribution in [2.45, 2.75) is 19.6 Å². The number of aldehydes is 1. The molecule has 0 bridgehead atoms. The Labute approximate surface area is 56.7 Å². The second kappa shape index (κ2) is 3.45. The van der Waals surface area contributed by atoms with Gasteiger partial charge in [0.15, 0.2) is 0 Å². The highest BCUT2D eigenvalue weighted by atomic mass is 28.4. The predicted molar refractivity (Wildman–Crippen MR) is 39.6 cm³/mol. The van der Waals surface area contributed by atoms with E-state index in [1.54, 1.807) is 0 Å². The summed E-state index contributed by atoms with van der Waals surface area (Å²) in [6.45, 7) is 6.17. The first-order chi connectivity index (χ1) is 4.06. The van der Waals surface area contributed by atoms with E-state index in [9.17, 15) is 4.79 Å². The first-order valence-electron chi connectivity index (χ1n) is 2.84. The quantitative estimate of drug-likeness (QED) is 0.260. The van der Waals surface area contributed by atoms with Crippen LogP contribution in [-0.2, 0) is 9.22 Å². The van der Waals surface area contributed by atoms with E-state index in [2.05, 4.69) is 19.6 Å². The maximum atomic E-state index is 9.74. The van der Waals surface area contributed by atoms with Gasteiger partial charge in [0.05, 0.1) is 6.26 Å². The van der Waals surface area contributed by atoms with E-state index in [1.807, 2.05) is 0 Å². The zero-order valence-electron chi connectivity index (χ0n) is 6.05. The second-order valence-corrected chi connectivity index (χ2v) is 7.16. The zero-order valence-corrected chi connectivity index (χ0v) is 7.05. The molecule has 0 spiro atoms. The van der Waals surface area contributed by atoms with Gasteiger partial charge >= 0.3 is 0 Å². The first-order valence-corrected chi connectivity index (χ1v) is 6.25. The molecule has 0 atom stereocenters. The fourth-order valence-corrected chi connectivity index (χ4v) is 0.762. The molecule has 0 fully saturated rings. The normalized spacial score (nSPS) is 11.9. The molecule has 0 aromatic heterocycles. The fraction of sp³-hybridized carbons (Fsp3) is 0.500. The van der Waals surface area contributed by atoms with E-state index >= 15 is 0 Å². The Morgan fingerprint density at radius 1 is 1.33 bits per heavy atom. The standard InChI is InChI=1S/C6H12O2Si/c1-9(2,3)8-6-4-5-7/h4-6H,1-3H3/b6-4+. The van der Waals surface area contributed by atoms with Gasteiger partial charge < -0.3 is 4.43 Å². The summed E-state index contributed by atoms with van der Waals surface area (Å²) in [5, 5.41) is 0. The molecule has 0 aliphatic heterocycles. The molecule has 0 heterocycles. The van der Waals surface area contributed by atoms with Gasteiger partial charge in [-0.1, -0.05) is 0 Å². The third kappa shape index (κ3) is 7.43. The van der Waals surface area contributed by atoms with Crippen LogP contribution in [0.25, 0.3) is 0 Å². The summed E-state index contributed by atoms with van der Waals surface area (Å²) in [6, 6.07) is 0. The van der Waals surface area contributed by atoms with Crippen LogP contribution in [0.1, 0.15) is 0 Å². The minimum absolute atomic E-state index is 0.708. The first kappa shape index (κ1) is 8.43. The number of rotatable bonds is 3. The topological polar surface area (TPSA) is 26.3 Å². The Morgan fingerprint density at radius 2 is 1.89 bits per heavy atom. The molecule has 52 valence electrons. The molecule has 0 N–H and O–H groups in total. The molecular weight excluding hydrogens is 132 g/mol. The average Bonchev–Trinajstić information content (AvgIpc) is 1.63. The van der Waals surface area contributed by atoms with Crippen LogP contribution < -0.4 is 0 Å². The van der Waals surface area contributed by atoms with Gasteiger partial charge in [0.2, 0.25) is 8.32 Å². The average molecular weight is 144 g/mol. The monoisotopic (exact) mass is 144 g/mol. The van der Waals surface area contributed by atoms with Gasteiger partial charge in [-0.05, 0) is 19.6 Å². The fourth-order valence-electron chi connectivity index (χ4n) is 0.275. The van der Waals surface area contributed by atoms with Crippen LogP contribution >= 0.6 is 0 Å². The lowest BCUT2D eigenvalue weighted by Gasteiger charge is -2.13. The lowest BCUT2D eigenvalue weighted by Crippen LogP contribution is -2.21. The van der Waals surface area contributed by atoms with Crippen molar-refractivity contribution in [3.05, 3.63) is 12.3 Å². The van der Waals surface area contributed by atoms with Crippen LogP contribution in [0, 0.1) is 0 Å². The number of carbonyl (C=O) groups is 1. The van der Waals surface area contributed by atoms with Gasteiger partial charge in [-0.2, -0.15) is 0 Å². The Hall–Kier alpha value is -0.573. The summed E-state index contributed by atoms with van der Waals surface area (Å²) in [6.07, 6.45) is 3.53. The van der Waals surface area contributed by atoms with Crippen LogP contribution in [-0.4, -0.2) is 14.6 Å². The number of hydrogen-bond acceptors (Lipinski definition) is 2. The van der Waals surface area contributed by atoms with E-state index in [0.29, 0.717) is 6.29 Å². The van der Waals surface area contributed by atoms with Crippen LogP contribution in [0.15, 0.2) is 12.3 Å². The molecule has 0 rings (SSSR count). The molecule has 0 radical (unpaired) electrons. The number of allylic oxidation sites excluding steroid dienone is 1. The zero-order chi connectivity index (χ0) is 7.33. The largest absolute Gasteiger partial charge is 0.550 e. The number of carbonyl (C=O) groups excluding carboxylic acids is 1. The predicted octanol–water partition coefficient (Wildman–Crippen LogP) is 1.55. The molecular formula is C6H12O2Si. The van der Waals surface area contributed by atoms with Crippen molar-refractivity contribution in [3.63, 3.8) is 0 Å². The van der Waals surface area contributed by atoms with Crippen molar-refractivity contribution in [1.82, 2.24) is 0 Å². The highest BCUT2D eigenvalue weighted by molar-refractivity contribution is 6.69. The smallest absolute Gasteiger partial charge is 0.241 e. The van der Waals surface area contributed by atoms with Gasteiger partial charge in [-0.3, -0.25) is 4.79 Å². The summed E-state index contributed by atoms with van der Waals surface area (Å²) in [5.41, 5.74) is 0. The van der Waals surface area contributed by atoms with Gasteiger partial charge in [0, 0.05) is 6.08 Å². The summed E-state index contributed by atoms with van der Waals surface area (Å²) >= 11 is 0. The van der Waals surface area contributed by atoms with Gasteiger partial charge in [0.1, 0.15) is 6.29 Å². The summed E-state index contributed by atoms with van der Waals surface area (Å²) in [7, 11) is -1.44. The summed E-state index contributed by atoms with van der Waals surface area (Å²) < 4.78 is 5.20. The lowest BCUT2D eigenvalue weighted by molar-refractivity contribution is -0.104. The Kier molecular flexibility index (Phi) is 3.23. The molecule has 9 heavy (non-hydrogen) atoms. The van der Waals surface area contributed by atoms with Gasteiger partial charge in [-0.25, -0.2) is 0 Å². The van der Waals surface area contributed by atoms with E-state index in [0.717, 1.165) is 0 Å². The van der Waals surface area contributed by atoms with Crippen molar-refractivity contribution in [2.75, 3.05) is 0 Å². The summed E-state index contributed by atoms with van der Waals surface area (Å²) in [4.78, 5) is 9.74. The molecule has 0 aliphatic carbocycles. The Morgan fingerprint density at radius 3 is 2.22 bits per heavy atom. The van der Waals surface area contributed by atoms with Gasteiger partial charge in [-0.15, -0.1) is 0 Å². The van der Waals surface area contributed by atoms with Crippen molar-refractivity contribution in [1.29, 1.82) is 0 Å². The van der Waals surface area contributed by atoms with Crippen molar-refractivity contribution in [3.8, 4) is 0 Å². The lowest BCUT2D eigenvalue weighted by atomic mass is 10.7. The minimum Gasteiger partial charge on any atom is -0.550 e. The second-order valence-electron chi connectivity index (χ2n) is 2.69. The maximum Gasteiger partial charge on any atom is 0.241 e. The van der Waals surface area contributed by atoms with Crippen LogP contribution in [0.3, 0.4) is 0 Å². The van der Waals surface area contributed by atoms with E-state index in [-0.39, 0.29) is 0 Å². The molecule has 0 saturated carbocycles. The third-order valence-electron chi connectivity index (χ3n) is 0.579. The van der Waals surface area contributed by atoms with E-state index in [1.165, 1.54) is 12.3 Å². The molecule has 0 amide bonds. The van der Waals surface area contributed by atoms with E-state index < -0.39 is 8.32 Å². The highest BCUT2D eigenvalue weighted by Crippen LogP contribution is 2.01. The molecule has 0 aromatic rings. The van der Waals surface area contributed by atoms with E-state index in [4.69, 9.17) is 4.43 Å². The maximum absolute atomic E-state index is 9.74. The van der Waals surface area contributed by atoms with Crippen LogP contribution in [0.4, 0.5) is 0 Å². The molecule has 3 heteroatoms. The third-order valence-corrected chi connectivity index (χ3v) is 1.42. The SMILES string of the molecule is C[Si](C)(C)O/C=C/C=O. The molecule has 0 aliphatic rings. The van der Waals surface area contributed by atoms with Crippen molar-refractivity contribution < 1.29 is 9.22 Å². The minimum atomic E-state index is -1.44. The Bertz CT molecular complexity index is 113. The van der Waals surface area contributed by atoms with Crippen molar-refractivity contribution in [2.24, 2.45) is 0 Å². The molecule has 2 nitrogen and oxygen atoms in total. The Balaban J connectivity index is 3.50. The van der Waals surface area contributed by atoms with Crippen LogP contribution in [0.5, 0.6) is 0 Å². The molecule has 0 unspecified atom stereocenters.